The van der Waals surface area contributed by atoms with Crippen molar-refractivity contribution in [1.29, 1.82) is 5.26 Å². The van der Waals surface area contributed by atoms with Gasteiger partial charge in [0.05, 0.1) is 17.9 Å². The van der Waals surface area contributed by atoms with Gasteiger partial charge in [0.2, 0.25) is 0 Å². The third-order valence-corrected chi connectivity index (χ3v) is 3.07. The van der Waals surface area contributed by atoms with Gasteiger partial charge in [-0.3, -0.25) is 4.79 Å². The Bertz CT molecular complexity index is 288. The Labute approximate surface area is 96.9 Å². The molecule has 1 aliphatic heterocycles. The summed E-state index contributed by atoms with van der Waals surface area (Å²) in [6, 6.07) is 2.29. The maximum Gasteiger partial charge on any atom is 0.303 e. The lowest BCUT2D eigenvalue weighted by Crippen LogP contribution is -2.47. The smallest absolute Gasteiger partial charge is 0.303 e. The monoisotopic (exact) mass is 224 g/mol. The van der Waals surface area contributed by atoms with Crippen molar-refractivity contribution in [3.05, 3.63) is 0 Å². The highest BCUT2D eigenvalue weighted by atomic mass is 16.4. The molecule has 1 rings (SSSR count). The van der Waals surface area contributed by atoms with Crippen LogP contribution >= 0.6 is 0 Å². The van der Waals surface area contributed by atoms with E-state index in [2.05, 4.69) is 11.0 Å². The van der Waals surface area contributed by atoms with Crippen LogP contribution in [0, 0.1) is 22.7 Å². The van der Waals surface area contributed by atoms with Crippen molar-refractivity contribution in [3.8, 4) is 6.07 Å². The zero-order valence-electron chi connectivity index (χ0n) is 10.1. The summed E-state index contributed by atoms with van der Waals surface area (Å²) in [4.78, 5) is 12.7. The summed E-state index contributed by atoms with van der Waals surface area (Å²) >= 11 is 0. The predicted molar refractivity (Wildman–Crippen MR) is 60.8 cm³/mol. The molecule has 1 heterocycles. The number of carbonyl (C=O) groups is 1. The maximum atomic E-state index is 10.4. The Balaban J connectivity index is 2.06. The molecule has 0 radical (unpaired) electrons. The predicted octanol–water partition coefficient (Wildman–Crippen LogP) is 1.72. The molecule has 1 fully saturated rings. The molecule has 0 amide bonds. The van der Waals surface area contributed by atoms with Gasteiger partial charge >= 0.3 is 5.97 Å². The highest BCUT2D eigenvalue weighted by molar-refractivity contribution is 5.67. The van der Waals surface area contributed by atoms with Crippen LogP contribution in [0.2, 0.25) is 0 Å². The minimum absolute atomic E-state index is 0.231. The Kier molecular flexibility index (Phi) is 4.31. The summed E-state index contributed by atoms with van der Waals surface area (Å²) in [5.41, 5.74) is -0.231. The van der Waals surface area contributed by atoms with Crippen molar-refractivity contribution in [3.63, 3.8) is 0 Å². The van der Waals surface area contributed by atoms with E-state index in [1.165, 1.54) is 0 Å². The number of hydrogen-bond donors (Lipinski definition) is 1. The summed E-state index contributed by atoms with van der Waals surface area (Å²) in [5, 5.41) is 17.4. The van der Waals surface area contributed by atoms with Crippen molar-refractivity contribution in [2.24, 2.45) is 11.3 Å². The van der Waals surface area contributed by atoms with E-state index in [0.717, 1.165) is 32.5 Å². The second-order valence-corrected chi connectivity index (χ2v) is 5.32. The third-order valence-electron chi connectivity index (χ3n) is 3.07. The normalized spacial score (nSPS) is 17.8. The van der Waals surface area contributed by atoms with E-state index in [-0.39, 0.29) is 5.41 Å². The Morgan fingerprint density at radius 2 is 2.19 bits per heavy atom. The summed E-state index contributed by atoms with van der Waals surface area (Å²) < 4.78 is 0. The Morgan fingerprint density at radius 1 is 1.56 bits per heavy atom. The number of carboxylic acid groups (broad SMARTS) is 1. The van der Waals surface area contributed by atoms with Gasteiger partial charge in [-0.25, -0.2) is 0 Å². The zero-order valence-corrected chi connectivity index (χ0v) is 10.1. The maximum absolute atomic E-state index is 10.4. The molecule has 4 nitrogen and oxygen atoms in total. The van der Waals surface area contributed by atoms with Gasteiger partial charge in [0, 0.05) is 13.1 Å². The lowest BCUT2D eigenvalue weighted by Gasteiger charge is -2.38. The highest BCUT2D eigenvalue weighted by Gasteiger charge is 2.28. The molecule has 0 spiro atoms. The molecule has 16 heavy (non-hydrogen) atoms. The van der Waals surface area contributed by atoms with Crippen molar-refractivity contribution < 1.29 is 9.90 Å². The number of rotatable bonds is 6. The molecule has 0 aromatic heterocycles. The fourth-order valence-electron chi connectivity index (χ4n) is 2.04. The van der Waals surface area contributed by atoms with Gasteiger partial charge in [-0.05, 0) is 39.2 Å². The van der Waals surface area contributed by atoms with Crippen molar-refractivity contribution in [2.45, 2.75) is 33.1 Å². The molecule has 0 aromatic carbocycles. The van der Waals surface area contributed by atoms with Crippen LogP contribution in [-0.4, -0.2) is 35.6 Å². The molecule has 90 valence electrons. The van der Waals surface area contributed by atoms with Gasteiger partial charge in [-0.2, -0.15) is 5.26 Å². The lowest BCUT2D eigenvalue weighted by molar-refractivity contribution is -0.139. The molecular formula is C12H20N2O2. The first-order valence-electron chi connectivity index (χ1n) is 5.78. The first-order valence-corrected chi connectivity index (χ1v) is 5.78. The quantitative estimate of drug-likeness (QED) is 0.746. The molecule has 0 aliphatic carbocycles. The van der Waals surface area contributed by atoms with Gasteiger partial charge < -0.3 is 10.0 Å². The topological polar surface area (TPSA) is 64.3 Å². The van der Waals surface area contributed by atoms with Gasteiger partial charge in [0.1, 0.15) is 0 Å². The standard InChI is InChI=1S/C12H20N2O2/c1-12(2,9-13)4-3-5-14-7-10(8-14)6-11(15)16/h10H,3-8H2,1-2H3,(H,15,16). The van der Waals surface area contributed by atoms with E-state index >= 15 is 0 Å². The Morgan fingerprint density at radius 3 is 2.69 bits per heavy atom. The van der Waals surface area contributed by atoms with Gasteiger partial charge in [0.15, 0.2) is 0 Å². The second kappa shape index (κ2) is 5.31. The first kappa shape index (κ1) is 13.0. The van der Waals surface area contributed by atoms with Crippen LogP contribution in [-0.2, 0) is 4.79 Å². The molecule has 0 atom stereocenters. The molecule has 0 bridgehead atoms. The third kappa shape index (κ3) is 4.19. The van der Waals surface area contributed by atoms with Crippen LogP contribution < -0.4 is 0 Å². The number of likely N-dealkylation sites (tertiary alicyclic amines) is 1. The van der Waals surface area contributed by atoms with Crippen LogP contribution in [0.4, 0.5) is 0 Å². The summed E-state index contributed by atoms with van der Waals surface area (Å²) in [5.74, 6) is -0.364. The molecule has 0 aromatic rings. The van der Waals surface area contributed by atoms with E-state index in [9.17, 15) is 4.79 Å². The average Bonchev–Trinajstić information content (AvgIpc) is 2.13. The minimum atomic E-state index is -0.699. The molecule has 1 saturated heterocycles. The van der Waals surface area contributed by atoms with Crippen LogP contribution in [0.15, 0.2) is 0 Å². The van der Waals surface area contributed by atoms with E-state index < -0.39 is 5.97 Å². The van der Waals surface area contributed by atoms with E-state index in [1.54, 1.807) is 0 Å². The molecule has 4 heteroatoms. The SMILES string of the molecule is CC(C)(C#N)CCCN1CC(CC(=O)O)C1. The summed E-state index contributed by atoms with van der Waals surface area (Å²) in [6.45, 7) is 6.70. The Hall–Kier alpha value is -1.08. The van der Waals surface area contributed by atoms with Crippen LogP contribution in [0.25, 0.3) is 0 Å². The van der Waals surface area contributed by atoms with Crippen LogP contribution in [0.3, 0.4) is 0 Å². The molecule has 0 saturated carbocycles. The first-order chi connectivity index (χ1) is 7.43. The van der Waals surface area contributed by atoms with E-state index in [4.69, 9.17) is 10.4 Å². The number of hydrogen-bond acceptors (Lipinski definition) is 3. The van der Waals surface area contributed by atoms with Crippen molar-refractivity contribution in [2.75, 3.05) is 19.6 Å². The number of nitriles is 1. The number of aliphatic carboxylic acids is 1. The largest absolute Gasteiger partial charge is 0.481 e. The van der Waals surface area contributed by atoms with Crippen molar-refractivity contribution in [1.82, 2.24) is 4.90 Å². The van der Waals surface area contributed by atoms with Gasteiger partial charge in [0.25, 0.3) is 0 Å². The van der Waals surface area contributed by atoms with Crippen molar-refractivity contribution >= 4 is 5.97 Å². The second-order valence-electron chi connectivity index (χ2n) is 5.32. The molecule has 0 unspecified atom stereocenters. The zero-order chi connectivity index (χ0) is 12.2. The number of carboxylic acids is 1. The minimum Gasteiger partial charge on any atom is -0.481 e. The molecular weight excluding hydrogens is 204 g/mol. The summed E-state index contributed by atoms with van der Waals surface area (Å²) in [6.07, 6.45) is 2.21. The van der Waals surface area contributed by atoms with Gasteiger partial charge in [-0.15, -0.1) is 0 Å². The van der Waals surface area contributed by atoms with E-state index in [0.29, 0.717) is 12.3 Å². The fraction of sp³-hybridized carbons (Fsp3) is 0.833. The molecule has 1 N–H and O–H groups in total. The van der Waals surface area contributed by atoms with E-state index in [1.807, 2.05) is 13.8 Å². The highest BCUT2D eigenvalue weighted by Crippen LogP contribution is 2.23. The summed E-state index contributed by atoms with van der Waals surface area (Å²) in [7, 11) is 0. The fourth-order valence-corrected chi connectivity index (χ4v) is 2.04. The van der Waals surface area contributed by atoms with Crippen LogP contribution in [0.1, 0.15) is 33.1 Å². The van der Waals surface area contributed by atoms with Gasteiger partial charge in [-0.1, -0.05) is 0 Å². The average molecular weight is 224 g/mol. The lowest BCUT2D eigenvalue weighted by atomic mass is 9.89. The molecule has 1 aliphatic rings. The van der Waals surface area contributed by atoms with Crippen LogP contribution in [0.5, 0.6) is 0 Å². The number of nitrogens with zero attached hydrogens (tertiary/aromatic N) is 2.